The Morgan fingerprint density at radius 3 is 1.83 bits per heavy atom. The minimum atomic E-state index is 0.240. The molecule has 10 aromatic rings. The van der Waals surface area contributed by atoms with Crippen molar-refractivity contribution in [3.8, 4) is 16.8 Å². The Morgan fingerprint density at radius 1 is 0.603 bits per heavy atom. The van der Waals surface area contributed by atoms with Gasteiger partial charge in [0.05, 0.1) is 27.8 Å². The van der Waals surface area contributed by atoms with E-state index >= 15 is 0 Å². The highest BCUT2D eigenvalue weighted by atomic mass is 15.2. The predicted molar refractivity (Wildman–Crippen MR) is 246 cm³/mol. The Balaban J connectivity index is 1.05. The predicted octanol–water partition coefficient (Wildman–Crippen LogP) is 14.5. The third-order valence-corrected chi connectivity index (χ3v) is 11.9. The summed E-state index contributed by atoms with van der Waals surface area (Å²) in [6.45, 7) is 2.09. The molecule has 1 atom stereocenters. The van der Waals surface area contributed by atoms with Gasteiger partial charge in [0.1, 0.15) is 0 Å². The lowest BCUT2D eigenvalue weighted by Crippen LogP contribution is -2.21. The van der Waals surface area contributed by atoms with Crippen molar-refractivity contribution >= 4 is 60.4 Å². The van der Waals surface area contributed by atoms with Crippen LogP contribution >= 0.6 is 0 Å². The fourth-order valence-electron chi connectivity index (χ4n) is 9.23. The molecule has 3 heterocycles. The molecular weight excluding hydrogens is 703 g/mol. The van der Waals surface area contributed by atoms with Crippen LogP contribution in [0.3, 0.4) is 0 Å². The lowest BCUT2D eigenvalue weighted by molar-refractivity contribution is 0.843. The van der Waals surface area contributed by atoms with Crippen LogP contribution < -0.4 is 4.90 Å². The fraction of sp³-hybridized carbons (Fsp3) is 0.0545. The third-order valence-electron chi connectivity index (χ3n) is 11.9. The summed E-state index contributed by atoms with van der Waals surface area (Å²) in [4.78, 5) is 2.45. The van der Waals surface area contributed by atoms with E-state index in [4.69, 9.17) is 0 Å². The molecular formula is C55H41N3. The summed E-state index contributed by atoms with van der Waals surface area (Å²) in [6.07, 6.45) is 17.0. The summed E-state index contributed by atoms with van der Waals surface area (Å²) in [5, 5.41) is 6.48. The van der Waals surface area contributed by atoms with E-state index in [-0.39, 0.29) is 5.92 Å². The van der Waals surface area contributed by atoms with Crippen LogP contribution in [0.5, 0.6) is 0 Å². The van der Waals surface area contributed by atoms with Crippen LogP contribution in [0.15, 0.2) is 218 Å². The molecule has 7 aromatic carbocycles. The summed E-state index contributed by atoms with van der Waals surface area (Å²) in [5.41, 5.74) is 14.5. The summed E-state index contributed by atoms with van der Waals surface area (Å²) in [5.74, 6) is 0.240. The fourth-order valence-corrected chi connectivity index (χ4v) is 9.23. The minimum absolute atomic E-state index is 0.240. The van der Waals surface area contributed by atoms with Crippen molar-refractivity contribution in [2.45, 2.75) is 19.3 Å². The smallest absolute Gasteiger partial charge is 0.0620 e. The zero-order chi connectivity index (χ0) is 38.6. The van der Waals surface area contributed by atoms with E-state index in [2.05, 4.69) is 233 Å². The number of benzene rings is 7. The van der Waals surface area contributed by atoms with Gasteiger partial charge in [-0.3, -0.25) is 0 Å². The zero-order valence-corrected chi connectivity index (χ0v) is 32.3. The first-order chi connectivity index (χ1) is 28.7. The Bertz CT molecular complexity index is 3160. The van der Waals surface area contributed by atoms with Gasteiger partial charge in [0.2, 0.25) is 0 Å². The van der Waals surface area contributed by atoms with Gasteiger partial charge in [-0.25, -0.2) is 0 Å². The van der Waals surface area contributed by atoms with Gasteiger partial charge < -0.3 is 13.9 Å². The molecule has 276 valence electrons. The minimum Gasteiger partial charge on any atom is -0.316 e. The number of hydrogen-bond acceptors (Lipinski definition) is 1. The van der Waals surface area contributed by atoms with Crippen LogP contribution in [0, 0.1) is 0 Å². The Kier molecular flexibility index (Phi) is 8.18. The van der Waals surface area contributed by atoms with E-state index in [9.17, 15) is 0 Å². The van der Waals surface area contributed by atoms with E-state index < -0.39 is 0 Å². The number of allylic oxidation sites excluding steroid dienone is 6. The number of fused-ring (bicyclic) bond motifs is 7. The molecule has 0 aliphatic heterocycles. The molecule has 0 radical (unpaired) electrons. The van der Waals surface area contributed by atoms with Crippen LogP contribution in [-0.2, 0) is 0 Å². The maximum Gasteiger partial charge on any atom is 0.0620 e. The first kappa shape index (κ1) is 33.9. The van der Waals surface area contributed by atoms with Gasteiger partial charge in [-0.15, -0.1) is 0 Å². The number of nitrogens with zero attached hydrogens (tertiary/aromatic N) is 3. The molecule has 0 bridgehead atoms. The molecule has 0 N–H and O–H groups in total. The summed E-state index contributed by atoms with van der Waals surface area (Å²) < 4.78 is 4.78. The maximum atomic E-state index is 2.46. The van der Waals surface area contributed by atoms with Crippen molar-refractivity contribution in [1.29, 1.82) is 0 Å². The topological polar surface area (TPSA) is 12.6 Å². The van der Waals surface area contributed by atoms with E-state index in [1.807, 2.05) is 0 Å². The van der Waals surface area contributed by atoms with Crippen molar-refractivity contribution in [2.24, 2.45) is 0 Å². The first-order valence-electron chi connectivity index (χ1n) is 20.2. The summed E-state index contributed by atoms with van der Waals surface area (Å²) in [6, 6.07) is 61.7. The van der Waals surface area contributed by atoms with Crippen molar-refractivity contribution in [3.63, 3.8) is 0 Å². The molecule has 0 amide bonds. The molecule has 0 fully saturated rings. The molecule has 3 aromatic heterocycles. The summed E-state index contributed by atoms with van der Waals surface area (Å²) >= 11 is 0. The van der Waals surface area contributed by atoms with Gasteiger partial charge in [0.25, 0.3) is 0 Å². The molecule has 0 spiro atoms. The van der Waals surface area contributed by atoms with Gasteiger partial charge in [0, 0.05) is 61.7 Å². The normalized spacial score (nSPS) is 14.8. The van der Waals surface area contributed by atoms with Crippen molar-refractivity contribution in [1.82, 2.24) is 8.97 Å². The molecule has 1 aliphatic rings. The Hall–Kier alpha value is -7.36. The van der Waals surface area contributed by atoms with Gasteiger partial charge in [0.15, 0.2) is 0 Å². The van der Waals surface area contributed by atoms with Crippen molar-refractivity contribution in [3.05, 3.63) is 229 Å². The monoisotopic (exact) mass is 743 g/mol. The largest absolute Gasteiger partial charge is 0.316 e. The van der Waals surface area contributed by atoms with Crippen LogP contribution in [0.2, 0.25) is 0 Å². The number of anilines is 1. The second kappa shape index (κ2) is 14.0. The van der Waals surface area contributed by atoms with E-state index in [0.29, 0.717) is 0 Å². The lowest BCUT2D eigenvalue weighted by atomic mass is 9.89. The molecule has 3 heteroatoms. The van der Waals surface area contributed by atoms with Gasteiger partial charge in [-0.1, -0.05) is 140 Å². The van der Waals surface area contributed by atoms with Gasteiger partial charge >= 0.3 is 0 Å². The van der Waals surface area contributed by atoms with Gasteiger partial charge in [-0.2, -0.15) is 0 Å². The molecule has 3 nitrogen and oxygen atoms in total. The Morgan fingerprint density at radius 2 is 1.19 bits per heavy atom. The molecule has 0 saturated carbocycles. The van der Waals surface area contributed by atoms with Crippen molar-refractivity contribution < 1.29 is 0 Å². The average molecular weight is 744 g/mol. The van der Waals surface area contributed by atoms with Crippen LogP contribution in [0.1, 0.15) is 30.4 Å². The number of aromatic nitrogens is 2. The standard InChI is InChI=1S/C55H41N3/c1-2-3-23-54(50-37-56(42-18-8-5-9-19-42)51-24-13-10-22-47(50)51)57(43-31-27-39(28-32-43)38-16-6-4-7-17-38)44-33-29-40(30-34-44)41-35-48-45-20-11-14-25-52(45)58-53-26-15-12-21-46(53)49(36-41)55(48)58/h2-29,31-37,40H,30H2,1H3/b3-2?,54-23+. The number of para-hydroxylation sites is 4. The highest BCUT2D eigenvalue weighted by Gasteiger charge is 2.25. The second-order valence-electron chi connectivity index (χ2n) is 15.3. The highest BCUT2D eigenvalue weighted by molar-refractivity contribution is 6.23. The SMILES string of the molecule is CC=C/C=C(\c1cn(-c2ccccc2)c2ccccc12)N(C1=CCC(c2cc3c4ccccc4n4c5ccccc5c(c2)c34)C=C1)c1ccc(-c2ccccc2)cc1. The average Bonchev–Trinajstić information content (AvgIpc) is 3.96. The quantitative estimate of drug-likeness (QED) is 0.141. The molecule has 11 rings (SSSR count). The van der Waals surface area contributed by atoms with Crippen molar-refractivity contribution in [2.75, 3.05) is 4.90 Å². The maximum absolute atomic E-state index is 2.46. The lowest BCUT2D eigenvalue weighted by Gasteiger charge is -2.31. The molecule has 1 aliphatic carbocycles. The third kappa shape index (κ3) is 5.50. The van der Waals surface area contributed by atoms with Crippen LogP contribution in [0.25, 0.3) is 71.5 Å². The Labute approximate surface area is 338 Å². The van der Waals surface area contributed by atoms with E-state index in [1.54, 1.807) is 0 Å². The summed E-state index contributed by atoms with van der Waals surface area (Å²) in [7, 11) is 0. The highest BCUT2D eigenvalue weighted by Crippen LogP contribution is 2.43. The first-order valence-corrected chi connectivity index (χ1v) is 20.2. The van der Waals surface area contributed by atoms with E-state index in [0.717, 1.165) is 29.2 Å². The van der Waals surface area contributed by atoms with Gasteiger partial charge in [-0.05, 0) is 96.8 Å². The molecule has 0 saturated heterocycles. The van der Waals surface area contributed by atoms with Crippen LogP contribution in [0.4, 0.5) is 5.69 Å². The van der Waals surface area contributed by atoms with Crippen LogP contribution in [-0.4, -0.2) is 8.97 Å². The molecule has 1 unspecified atom stereocenters. The number of hydrogen-bond donors (Lipinski definition) is 0. The number of rotatable bonds is 8. The molecule has 58 heavy (non-hydrogen) atoms. The zero-order valence-electron chi connectivity index (χ0n) is 32.3. The van der Waals surface area contributed by atoms with E-state index in [1.165, 1.54) is 71.3 Å². The second-order valence-corrected chi connectivity index (χ2v) is 15.3.